The maximum absolute atomic E-state index is 11.6. The molecule has 86 valence electrons. The molecule has 15 heavy (non-hydrogen) atoms. The lowest BCUT2D eigenvalue weighted by molar-refractivity contribution is 0.548. The number of hydrogen-bond acceptors (Lipinski definition) is 1. The second-order valence-corrected chi connectivity index (χ2v) is 3.97. The van der Waals surface area contributed by atoms with Gasteiger partial charge in [-0.25, -0.2) is 4.79 Å². The summed E-state index contributed by atoms with van der Waals surface area (Å²) >= 11 is 0. The Morgan fingerprint density at radius 3 is 2.27 bits per heavy atom. The summed E-state index contributed by atoms with van der Waals surface area (Å²) in [5, 5.41) is 0. The van der Waals surface area contributed by atoms with Crippen LogP contribution < -0.4 is 5.69 Å². The van der Waals surface area contributed by atoms with Gasteiger partial charge in [0, 0.05) is 25.5 Å². The number of imidazole rings is 1. The van der Waals surface area contributed by atoms with Gasteiger partial charge in [-0.2, -0.15) is 0 Å². The predicted molar refractivity (Wildman–Crippen MR) is 63.1 cm³/mol. The molecule has 0 aliphatic heterocycles. The maximum Gasteiger partial charge on any atom is 0.328 e. The molecule has 0 aliphatic rings. The van der Waals surface area contributed by atoms with Crippen LogP contribution in [0.2, 0.25) is 0 Å². The molecule has 0 bridgehead atoms. The van der Waals surface area contributed by atoms with Gasteiger partial charge in [-0.1, -0.05) is 32.6 Å². The van der Waals surface area contributed by atoms with Crippen molar-refractivity contribution in [3.05, 3.63) is 22.9 Å². The van der Waals surface area contributed by atoms with Crippen LogP contribution in [-0.4, -0.2) is 9.13 Å². The number of hydrogen-bond donors (Lipinski definition) is 0. The summed E-state index contributed by atoms with van der Waals surface area (Å²) in [4.78, 5) is 11.6. The van der Waals surface area contributed by atoms with Crippen LogP contribution in [0.1, 0.15) is 46.0 Å². The lowest BCUT2D eigenvalue weighted by Crippen LogP contribution is -2.23. The van der Waals surface area contributed by atoms with Crippen LogP contribution in [0.3, 0.4) is 0 Å². The van der Waals surface area contributed by atoms with Gasteiger partial charge in [0.25, 0.3) is 0 Å². The van der Waals surface area contributed by atoms with Crippen molar-refractivity contribution in [1.29, 1.82) is 0 Å². The van der Waals surface area contributed by atoms with E-state index in [0.717, 1.165) is 19.5 Å². The second kappa shape index (κ2) is 6.49. The first-order valence-electron chi connectivity index (χ1n) is 6.05. The minimum absolute atomic E-state index is 0.132. The fraction of sp³-hybridized carbons (Fsp3) is 0.750. The van der Waals surface area contributed by atoms with Crippen molar-refractivity contribution in [1.82, 2.24) is 9.13 Å². The Bertz CT molecular complexity index is 325. The van der Waals surface area contributed by atoms with Gasteiger partial charge >= 0.3 is 5.69 Å². The number of rotatable bonds is 7. The van der Waals surface area contributed by atoms with Crippen molar-refractivity contribution in [2.45, 2.75) is 59.0 Å². The Kier molecular flexibility index (Phi) is 5.22. The summed E-state index contributed by atoms with van der Waals surface area (Å²) in [6, 6.07) is 0. The molecule has 0 spiro atoms. The smallest absolute Gasteiger partial charge is 0.300 e. The largest absolute Gasteiger partial charge is 0.328 e. The van der Waals surface area contributed by atoms with E-state index < -0.39 is 0 Å². The van der Waals surface area contributed by atoms with Crippen LogP contribution in [0.15, 0.2) is 17.2 Å². The maximum atomic E-state index is 11.6. The van der Waals surface area contributed by atoms with E-state index in [1.54, 1.807) is 4.57 Å². The fourth-order valence-electron chi connectivity index (χ4n) is 1.75. The molecule has 0 N–H and O–H groups in total. The van der Waals surface area contributed by atoms with E-state index in [1.807, 2.05) is 23.9 Å². The summed E-state index contributed by atoms with van der Waals surface area (Å²) in [5.41, 5.74) is 0.132. The molecule has 1 aromatic rings. The van der Waals surface area contributed by atoms with E-state index in [2.05, 4.69) is 6.92 Å². The Hall–Kier alpha value is -0.990. The molecule has 0 saturated heterocycles. The molecule has 0 atom stereocenters. The van der Waals surface area contributed by atoms with Crippen LogP contribution in [0, 0.1) is 0 Å². The molecule has 0 fully saturated rings. The Balaban J connectivity index is 2.31. The van der Waals surface area contributed by atoms with Crippen molar-refractivity contribution in [2.75, 3.05) is 0 Å². The molecule has 3 nitrogen and oxygen atoms in total. The molecule has 0 saturated carbocycles. The van der Waals surface area contributed by atoms with Crippen LogP contribution in [0.4, 0.5) is 0 Å². The molecule has 0 aliphatic carbocycles. The lowest BCUT2D eigenvalue weighted by atomic mass is 10.1. The van der Waals surface area contributed by atoms with Crippen LogP contribution in [0.25, 0.3) is 0 Å². The summed E-state index contributed by atoms with van der Waals surface area (Å²) < 4.78 is 3.56. The average molecular weight is 210 g/mol. The van der Waals surface area contributed by atoms with E-state index in [4.69, 9.17) is 0 Å². The van der Waals surface area contributed by atoms with Crippen LogP contribution >= 0.6 is 0 Å². The van der Waals surface area contributed by atoms with Crippen LogP contribution in [-0.2, 0) is 13.1 Å². The quantitative estimate of drug-likeness (QED) is 0.636. The zero-order chi connectivity index (χ0) is 11.1. The van der Waals surface area contributed by atoms with Gasteiger partial charge in [-0.05, 0) is 13.3 Å². The first kappa shape index (κ1) is 12.1. The highest BCUT2D eigenvalue weighted by molar-refractivity contribution is 4.80. The highest BCUT2D eigenvalue weighted by Gasteiger charge is 2.00. The highest BCUT2D eigenvalue weighted by atomic mass is 16.1. The lowest BCUT2D eigenvalue weighted by Gasteiger charge is -2.01. The first-order chi connectivity index (χ1) is 7.29. The molecule has 0 amide bonds. The minimum atomic E-state index is 0.132. The number of nitrogens with zero attached hydrogens (tertiary/aromatic N) is 2. The Labute approximate surface area is 91.7 Å². The van der Waals surface area contributed by atoms with Crippen molar-refractivity contribution in [3.8, 4) is 0 Å². The standard InChI is InChI=1S/C12H22N2O/c1-3-5-6-7-8-9-14-11-10-13(4-2)12(14)15/h10-11H,3-9H2,1-2H3. The fourth-order valence-corrected chi connectivity index (χ4v) is 1.75. The number of unbranched alkanes of at least 4 members (excludes halogenated alkanes) is 4. The molecular formula is C12H22N2O. The zero-order valence-electron chi connectivity index (χ0n) is 9.91. The van der Waals surface area contributed by atoms with Gasteiger partial charge in [-0.15, -0.1) is 0 Å². The molecule has 1 heterocycles. The SMILES string of the molecule is CCCCCCCn1ccn(CC)c1=O. The molecule has 0 unspecified atom stereocenters. The normalized spacial score (nSPS) is 10.8. The number of aryl methyl sites for hydroxylation is 2. The average Bonchev–Trinajstić information content (AvgIpc) is 2.60. The van der Waals surface area contributed by atoms with Gasteiger partial charge in [0.2, 0.25) is 0 Å². The van der Waals surface area contributed by atoms with E-state index in [9.17, 15) is 4.79 Å². The minimum Gasteiger partial charge on any atom is -0.300 e. The van der Waals surface area contributed by atoms with Gasteiger partial charge in [0.15, 0.2) is 0 Å². The third-order valence-electron chi connectivity index (χ3n) is 2.76. The monoisotopic (exact) mass is 210 g/mol. The third kappa shape index (κ3) is 3.57. The Morgan fingerprint density at radius 2 is 1.67 bits per heavy atom. The van der Waals surface area contributed by atoms with Gasteiger partial charge < -0.3 is 0 Å². The summed E-state index contributed by atoms with van der Waals surface area (Å²) in [5.74, 6) is 0. The van der Waals surface area contributed by atoms with Gasteiger partial charge in [0.05, 0.1) is 0 Å². The van der Waals surface area contributed by atoms with E-state index in [0.29, 0.717) is 0 Å². The molecule has 0 radical (unpaired) electrons. The summed E-state index contributed by atoms with van der Waals surface area (Å²) in [6.07, 6.45) is 9.99. The zero-order valence-corrected chi connectivity index (χ0v) is 9.91. The first-order valence-corrected chi connectivity index (χ1v) is 6.05. The number of aromatic nitrogens is 2. The van der Waals surface area contributed by atoms with Gasteiger partial charge in [0.1, 0.15) is 0 Å². The molecule has 1 aromatic heterocycles. The Morgan fingerprint density at radius 1 is 1.00 bits per heavy atom. The van der Waals surface area contributed by atoms with Crippen molar-refractivity contribution in [3.63, 3.8) is 0 Å². The third-order valence-corrected chi connectivity index (χ3v) is 2.76. The topological polar surface area (TPSA) is 26.9 Å². The van der Waals surface area contributed by atoms with Crippen molar-refractivity contribution >= 4 is 0 Å². The van der Waals surface area contributed by atoms with Crippen LogP contribution in [0.5, 0.6) is 0 Å². The predicted octanol–water partition coefficient (Wildman–Crippen LogP) is 2.64. The van der Waals surface area contributed by atoms with Crippen molar-refractivity contribution < 1.29 is 0 Å². The highest BCUT2D eigenvalue weighted by Crippen LogP contribution is 2.03. The second-order valence-electron chi connectivity index (χ2n) is 3.97. The van der Waals surface area contributed by atoms with Gasteiger partial charge in [-0.3, -0.25) is 9.13 Å². The van der Waals surface area contributed by atoms with E-state index >= 15 is 0 Å². The molecular weight excluding hydrogens is 188 g/mol. The summed E-state index contributed by atoms with van der Waals surface area (Å²) in [6.45, 7) is 5.84. The molecule has 0 aromatic carbocycles. The molecule has 3 heteroatoms. The molecule has 1 rings (SSSR count). The van der Waals surface area contributed by atoms with E-state index in [1.165, 1.54) is 25.7 Å². The van der Waals surface area contributed by atoms with E-state index in [-0.39, 0.29) is 5.69 Å². The summed E-state index contributed by atoms with van der Waals surface area (Å²) in [7, 11) is 0. The van der Waals surface area contributed by atoms with Crippen molar-refractivity contribution in [2.24, 2.45) is 0 Å².